The molecule has 5 nitrogen and oxygen atoms in total. The van der Waals surface area contributed by atoms with Crippen LogP contribution in [0, 0.1) is 5.92 Å². The lowest BCUT2D eigenvalue weighted by Crippen LogP contribution is -2.41. The molecule has 1 aliphatic heterocycles. The molecule has 3 rings (SSSR count). The summed E-state index contributed by atoms with van der Waals surface area (Å²) in [7, 11) is 1.64. The first-order valence-electron chi connectivity index (χ1n) is 7.64. The van der Waals surface area contributed by atoms with Gasteiger partial charge in [0.1, 0.15) is 11.9 Å². The Balaban J connectivity index is 1.82. The lowest BCUT2D eigenvalue weighted by Gasteiger charge is -2.24. The fourth-order valence-electron chi connectivity index (χ4n) is 2.67. The van der Waals surface area contributed by atoms with E-state index in [0.717, 1.165) is 17.7 Å². The zero-order valence-corrected chi connectivity index (χ0v) is 14.1. The van der Waals surface area contributed by atoms with Gasteiger partial charge in [0.25, 0.3) is 5.91 Å². The summed E-state index contributed by atoms with van der Waals surface area (Å²) in [6, 6.07) is 7.72. The van der Waals surface area contributed by atoms with E-state index >= 15 is 0 Å². The molecule has 1 aromatic heterocycles. The number of thiazole rings is 1. The molecule has 0 unspecified atom stereocenters. The van der Waals surface area contributed by atoms with Crippen LogP contribution in [0.15, 0.2) is 35.8 Å². The molecule has 1 aromatic carbocycles. The third-order valence-corrected chi connectivity index (χ3v) is 4.84. The Morgan fingerprint density at radius 2 is 2.22 bits per heavy atom. The fourth-order valence-corrected chi connectivity index (χ4v) is 3.31. The van der Waals surface area contributed by atoms with Crippen molar-refractivity contribution in [3.63, 3.8) is 0 Å². The number of aromatic nitrogens is 1. The van der Waals surface area contributed by atoms with Crippen molar-refractivity contribution in [1.82, 2.24) is 4.98 Å². The molecule has 6 heteroatoms. The highest BCUT2D eigenvalue weighted by atomic mass is 32.1. The maximum Gasteiger partial charge on any atom is 0.258 e. The average Bonchev–Trinajstić information content (AvgIpc) is 3.24. The van der Waals surface area contributed by atoms with Crippen LogP contribution in [0.25, 0.3) is 0 Å². The van der Waals surface area contributed by atoms with Crippen molar-refractivity contribution >= 4 is 22.4 Å². The minimum atomic E-state index is -0.378. The third-order valence-electron chi connectivity index (χ3n) is 4.05. The molecular weight excluding hydrogens is 312 g/mol. The first kappa shape index (κ1) is 16.0. The van der Waals surface area contributed by atoms with Gasteiger partial charge in [0.15, 0.2) is 5.13 Å². The van der Waals surface area contributed by atoms with Crippen molar-refractivity contribution in [1.29, 1.82) is 0 Å². The van der Waals surface area contributed by atoms with Crippen molar-refractivity contribution in [3.8, 4) is 5.75 Å². The molecule has 23 heavy (non-hydrogen) atoms. The van der Waals surface area contributed by atoms with Gasteiger partial charge in [-0.2, -0.15) is 0 Å². The molecule has 2 heterocycles. The topological polar surface area (TPSA) is 51.7 Å². The largest absolute Gasteiger partial charge is 0.497 e. The number of carbonyl (C=O) groups excluding carboxylic acids is 1. The standard InChI is InChI=1S/C17H20N2O3S/c1-12-7-9-22-15(12)16(20)19(17-18-8-10-23-17)11-13-3-5-14(21-2)6-4-13/h3-6,8,10,12,15H,7,9,11H2,1-2H3/t12-,15-/m0/s1. The summed E-state index contributed by atoms with van der Waals surface area (Å²) in [5, 5.41) is 2.58. The summed E-state index contributed by atoms with van der Waals surface area (Å²) < 4.78 is 10.8. The van der Waals surface area contributed by atoms with Crippen molar-refractivity contribution in [2.45, 2.75) is 26.0 Å². The number of hydrogen-bond donors (Lipinski definition) is 0. The van der Waals surface area contributed by atoms with Gasteiger partial charge in [0.05, 0.1) is 13.7 Å². The lowest BCUT2D eigenvalue weighted by molar-refractivity contribution is -0.128. The predicted molar refractivity (Wildman–Crippen MR) is 89.8 cm³/mol. The van der Waals surface area contributed by atoms with Crippen LogP contribution in [0.4, 0.5) is 5.13 Å². The van der Waals surface area contributed by atoms with Crippen LogP contribution in [0.3, 0.4) is 0 Å². The minimum absolute atomic E-state index is 0.0132. The molecule has 2 aromatic rings. The smallest absolute Gasteiger partial charge is 0.258 e. The number of anilines is 1. The van der Waals surface area contributed by atoms with Crippen LogP contribution >= 0.6 is 11.3 Å². The predicted octanol–water partition coefficient (Wildman–Crippen LogP) is 3.11. The summed E-state index contributed by atoms with van der Waals surface area (Å²) in [5.41, 5.74) is 1.03. The van der Waals surface area contributed by atoms with E-state index in [0.29, 0.717) is 18.3 Å². The van der Waals surface area contributed by atoms with E-state index in [1.165, 1.54) is 11.3 Å². The van der Waals surface area contributed by atoms with Crippen molar-refractivity contribution in [2.24, 2.45) is 5.92 Å². The van der Waals surface area contributed by atoms with Crippen LogP contribution in [0.1, 0.15) is 18.9 Å². The number of carbonyl (C=O) groups is 1. The number of ether oxygens (including phenoxy) is 2. The molecule has 122 valence electrons. The Morgan fingerprint density at radius 3 is 2.78 bits per heavy atom. The second kappa shape index (κ2) is 7.10. The molecule has 0 radical (unpaired) electrons. The SMILES string of the molecule is COc1ccc(CN(C(=O)[C@H]2OCC[C@@H]2C)c2nccs2)cc1. The van der Waals surface area contributed by atoms with E-state index in [9.17, 15) is 4.79 Å². The normalized spacial score (nSPS) is 20.4. The summed E-state index contributed by atoms with van der Waals surface area (Å²) in [4.78, 5) is 19.0. The summed E-state index contributed by atoms with van der Waals surface area (Å²) >= 11 is 1.46. The average molecular weight is 332 g/mol. The van der Waals surface area contributed by atoms with Gasteiger partial charge in [-0.1, -0.05) is 19.1 Å². The van der Waals surface area contributed by atoms with Crippen LogP contribution in [0.5, 0.6) is 5.75 Å². The molecule has 1 saturated heterocycles. The zero-order valence-electron chi connectivity index (χ0n) is 13.3. The molecule has 0 spiro atoms. The van der Waals surface area contributed by atoms with E-state index in [-0.39, 0.29) is 17.9 Å². The van der Waals surface area contributed by atoms with E-state index in [2.05, 4.69) is 11.9 Å². The Hall–Kier alpha value is -1.92. The number of hydrogen-bond acceptors (Lipinski definition) is 5. The Morgan fingerprint density at radius 1 is 1.43 bits per heavy atom. The minimum Gasteiger partial charge on any atom is -0.497 e. The van der Waals surface area contributed by atoms with Gasteiger partial charge in [-0.05, 0) is 30.0 Å². The van der Waals surface area contributed by atoms with Crippen LogP contribution in [-0.2, 0) is 16.1 Å². The number of benzene rings is 1. The quantitative estimate of drug-likeness (QED) is 0.844. The van der Waals surface area contributed by atoms with Gasteiger partial charge in [-0.3, -0.25) is 9.69 Å². The van der Waals surface area contributed by atoms with Gasteiger partial charge < -0.3 is 9.47 Å². The molecule has 1 aliphatic rings. The molecule has 0 aliphatic carbocycles. The van der Waals surface area contributed by atoms with Gasteiger partial charge in [-0.25, -0.2) is 4.98 Å². The number of rotatable bonds is 5. The summed E-state index contributed by atoms with van der Waals surface area (Å²) in [6.45, 7) is 3.18. The highest BCUT2D eigenvalue weighted by Gasteiger charge is 2.35. The molecule has 0 N–H and O–H groups in total. The van der Waals surface area contributed by atoms with Crippen LogP contribution in [-0.4, -0.2) is 30.7 Å². The van der Waals surface area contributed by atoms with E-state index in [1.54, 1.807) is 18.2 Å². The van der Waals surface area contributed by atoms with Crippen molar-refractivity contribution < 1.29 is 14.3 Å². The Kier molecular flexibility index (Phi) is 4.93. The first-order chi connectivity index (χ1) is 11.2. The lowest BCUT2D eigenvalue weighted by atomic mass is 10.0. The third kappa shape index (κ3) is 3.54. The van der Waals surface area contributed by atoms with Gasteiger partial charge in [0.2, 0.25) is 0 Å². The van der Waals surface area contributed by atoms with Crippen LogP contribution in [0.2, 0.25) is 0 Å². The molecular formula is C17H20N2O3S. The Labute approximate surface area is 139 Å². The monoisotopic (exact) mass is 332 g/mol. The second-order valence-corrected chi connectivity index (χ2v) is 6.52. The maximum atomic E-state index is 12.9. The first-order valence-corrected chi connectivity index (χ1v) is 8.52. The molecule has 2 atom stereocenters. The van der Waals surface area contributed by atoms with Crippen molar-refractivity contribution in [2.75, 3.05) is 18.6 Å². The molecule has 1 fully saturated rings. The van der Waals surface area contributed by atoms with E-state index < -0.39 is 0 Å². The fraction of sp³-hybridized carbons (Fsp3) is 0.412. The van der Waals surface area contributed by atoms with Crippen molar-refractivity contribution in [3.05, 3.63) is 41.4 Å². The number of methoxy groups -OCH3 is 1. The number of nitrogens with zero attached hydrogens (tertiary/aromatic N) is 2. The molecule has 1 amide bonds. The second-order valence-electron chi connectivity index (χ2n) is 5.64. The molecule has 0 saturated carbocycles. The van der Waals surface area contributed by atoms with Crippen LogP contribution < -0.4 is 9.64 Å². The van der Waals surface area contributed by atoms with Gasteiger partial charge in [-0.15, -0.1) is 11.3 Å². The summed E-state index contributed by atoms with van der Waals surface area (Å²) in [6.07, 6.45) is 2.26. The van der Waals surface area contributed by atoms with E-state index in [4.69, 9.17) is 9.47 Å². The highest BCUT2D eigenvalue weighted by Crippen LogP contribution is 2.27. The zero-order chi connectivity index (χ0) is 16.2. The number of amides is 1. The van der Waals surface area contributed by atoms with Gasteiger partial charge in [0, 0.05) is 18.2 Å². The van der Waals surface area contributed by atoms with E-state index in [1.807, 2.05) is 29.6 Å². The molecule has 0 bridgehead atoms. The van der Waals surface area contributed by atoms with Gasteiger partial charge >= 0.3 is 0 Å². The summed E-state index contributed by atoms with van der Waals surface area (Å²) in [5.74, 6) is 1.02. The Bertz CT molecular complexity index is 642. The maximum absolute atomic E-state index is 12.9. The highest BCUT2D eigenvalue weighted by molar-refractivity contribution is 7.13.